The zero-order valence-electron chi connectivity index (χ0n) is 13.1. The molecule has 6 nitrogen and oxygen atoms in total. The van der Waals surface area contributed by atoms with Gasteiger partial charge in [-0.1, -0.05) is 26.0 Å². The first kappa shape index (κ1) is 17.1. The lowest BCUT2D eigenvalue weighted by Crippen LogP contribution is -2.11. The van der Waals surface area contributed by atoms with Crippen molar-refractivity contribution in [2.24, 2.45) is 0 Å². The van der Waals surface area contributed by atoms with E-state index >= 15 is 0 Å². The highest BCUT2D eigenvalue weighted by atomic mass is 32.1. The fourth-order valence-corrected chi connectivity index (χ4v) is 2.87. The summed E-state index contributed by atoms with van der Waals surface area (Å²) in [6.07, 6.45) is 3.59. The molecule has 7 heteroatoms. The number of benzene rings is 1. The van der Waals surface area contributed by atoms with Crippen molar-refractivity contribution < 1.29 is 9.72 Å². The highest BCUT2D eigenvalue weighted by Gasteiger charge is 2.09. The number of nitrogens with zero attached hydrogens (tertiary/aromatic N) is 2. The number of amides is 1. The molecule has 1 heterocycles. The molecule has 0 bridgehead atoms. The van der Waals surface area contributed by atoms with Gasteiger partial charge in [0.25, 0.3) is 5.69 Å². The Bertz CT molecular complexity index is 680. The van der Waals surface area contributed by atoms with Crippen LogP contribution in [-0.2, 0) is 11.2 Å². The number of aryl methyl sites for hydroxylation is 1. The summed E-state index contributed by atoms with van der Waals surface area (Å²) in [5.74, 6) is 0.344. The third-order valence-corrected chi connectivity index (χ3v) is 4.57. The summed E-state index contributed by atoms with van der Waals surface area (Å²) in [4.78, 5) is 27.4. The molecular weight excluding hydrogens is 314 g/mol. The highest BCUT2D eigenvalue weighted by Crippen LogP contribution is 2.25. The second-order valence-electron chi connectivity index (χ2n) is 5.55. The molecule has 1 aromatic carbocycles. The van der Waals surface area contributed by atoms with Gasteiger partial charge in [-0.05, 0) is 24.3 Å². The van der Waals surface area contributed by atoms with E-state index in [4.69, 9.17) is 0 Å². The third-order valence-electron chi connectivity index (χ3n) is 3.36. The fraction of sp³-hybridized carbons (Fsp3) is 0.375. The Balaban J connectivity index is 1.76. The SMILES string of the molecule is CC(C)c1cnc(NC(=O)CCCc2ccc([N+](=O)[O-])cc2)s1. The number of hydrogen-bond acceptors (Lipinski definition) is 5. The highest BCUT2D eigenvalue weighted by molar-refractivity contribution is 7.15. The van der Waals surface area contributed by atoms with Crippen LogP contribution in [0, 0.1) is 10.1 Å². The number of carbonyl (C=O) groups is 1. The summed E-state index contributed by atoms with van der Waals surface area (Å²) in [6, 6.07) is 6.42. The molecule has 0 saturated carbocycles. The van der Waals surface area contributed by atoms with E-state index in [-0.39, 0.29) is 11.6 Å². The van der Waals surface area contributed by atoms with Crippen molar-refractivity contribution in [2.45, 2.75) is 39.0 Å². The lowest BCUT2D eigenvalue weighted by Gasteiger charge is -2.03. The zero-order chi connectivity index (χ0) is 16.8. The van der Waals surface area contributed by atoms with Crippen LogP contribution in [0.4, 0.5) is 10.8 Å². The smallest absolute Gasteiger partial charge is 0.269 e. The summed E-state index contributed by atoms with van der Waals surface area (Å²) in [5, 5.41) is 14.0. The molecule has 0 radical (unpaired) electrons. The van der Waals surface area contributed by atoms with Crippen LogP contribution in [0.3, 0.4) is 0 Å². The Labute approximate surface area is 138 Å². The second-order valence-corrected chi connectivity index (χ2v) is 6.61. The summed E-state index contributed by atoms with van der Waals surface area (Å²) >= 11 is 1.50. The van der Waals surface area contributed by atoms with Gasteiger partial charge < -0.3 is 5.32 Å². The van der Waals surface area contributed by atoms with Crippen molar-refractivity contribution >= 4 is 28.1 Å². The zero-order valence-corrected chi connectivity index (χ0v) is 13.9. The van der Waals surface area contributed by atoms with E-state index in [0.29, 0.717) is 30.3 Å². The van der Waals surface area contributed by atoms with Gasteiger partial charge in [-0.2, -0.15) is 0 Å². The predicted octanol–water partition coefficient (Wildman–Crippen LogP) is 4.14. The fourth-order valence-electron chi connectivity index (χ4n) is 2.03. The van der Waals surface area contributed by atoms with Crippen LogP contribution in [0.1, 0.15) is 43.0 Å². The normalized spacial score (nSPS) is 10.7. The molecule has 0 atom stereocenters. The molecule has 0 saturated heterocycles. The maximum Gasteiger partial charge on any atom is 0.269 e. The Hall–Kier alpha value is -2.28. The average molecular weight is 333 g/mol. The predicted molar refractivity (Wildman–Crippen MR) is 90.9 cm³/mol. The number of non-ortho nitro benzene ring substituents is 1. The lowest BCUT2D eigenvalue weighted by atomic mass is 10.1. The van der Waals surface area contributed by atoms with Gasteiger partial charge in [0.2, 0.25) is 5.91 Å². The first-order valence-electron chi connectivity index (χ1n) is 7.44. The first-order chi connectivity index (χ1) is 11.0. The number of hydrogen-bond donors (Lipinski definition) is 1. The number of aromatic nitrogens is 1. The molecule has 2 rings (SSSR count). The quantitative estimate of drug-likeness (QED) is 0.609. The molecule has 2 aromatic rings. The standard InChI is InChI=1S/C16H19N3O3S/c1-11(2)14-10-17-16(23-14)18-15(20)5-3-4-12-6-8-13(9-7-12)19(21)22/h6-11H,3-5H2,1-2H3,(H,17,18,20). The second kappa shape index (κ2) is 7.82. The van der Waals surface area contributed by atoms with E-state index in [9.17, 15) is 14.9 Å². The molecule has 0 aliphatic rings. The molecule has 23 heavy (non-hydrogen) atoms. The Kier molecular flexibility index (Phi) is 5.81. The number of nitrogens with one attached hydrogen (secondary N) is 1. The summed E-state index contributed by atoms with van der Waals surface area (Å²) in [6.45, 7) is 4.17. The average Bonchev–Trinajstić information content (AvgIpc) is 2.96. The molecule has 122 valence electrons. The van der Waals surface area contributed by atoms with Crippen LogP contribution < -0.4 is 5.32 Å². The van der Waals surface area contributed by atoms with E-state index in [1.54, 1.807) is 18.3 Å². The lowest BCUT2D eigenvalue weighted by molar-refractivity contribution is -0.384. The Morgan fingerprint density at radius 3 is 2.61 bits per heavy atom. The molecule has 1 N–H and O–H groups in total. The monoisotopic (exact) mass is 333 g/mol. The molecule has 0 fully saturated rings. The Morgan fingerprint density at radius 2 is 2.04 bits per heavy atom. The number of nitro groups is 1. The van der Waals surface area contributed by atoms with Crippen molar-refractivity contribution in [2.75, 3.05) is 5.32 Å². The van der Waals surface area contributed by atoms with Crippen molar-refractivity contribution in [3.05, 3.63) is 51.0 Å². The first-order valence-corrected chi connectivity index (χ1v) is 8.26. The third kappa shape index (κ3) is 5.14. The number of rotatable bonds is 7. The van der Waals surface area contributed by atoms with Crippen molar-refractivity contribution in [1.29, 1.82) is 0 Å². The number of thiazole rings is 1. The van der Waals surface area contributed by atoms with Crippen LogP contribution in [0.5, 0.6) is 0 Å². The van der Waals surface area contributed by atoms with E-state index in [1.165, 1.54) is 23.5 Å². The van der Waals surface area contributed by atoms with E-state index in [1.807, 2.05) is 0 Å². The molecule has 0 unspecified atom stereocenters. The van der Waals surface area contributed by atoms with Gasteiger partial charge in [0.1, 0.15) is 0 Å². The van der Waals surface area contributed by atoms with Gasteiger partial charge >= 0.3 is 0 Å². The maximum absolute atomic E-state index is 11.9. The van der Waals surface area contributed by atoms with E-state index < -0.39 is 4.92 Å². The molecule has 0 aliphatic carbocycles. The Morgan fingerprint density at radius 1 is 1.35 bits per heavy atom. The van der Waals surface area contributed by atoms with Gasteiger partial charge in [0, 0.05) is 29.6 Å². The number of nitro benzene ring substituents is 1. The van der Waals surface area contributed by atoms with Crippen LogP contribution in [0.2, 0.25) is 0 Å². The van der Waals surface area contributed by atoms with Gasteiger partial charge in [-0.25, -0.2) is 4.98 Å². The number of anilines is 1. The molecule has 0 aliphatic heterocycles. The number of carbonyl (C=O) groups excluding carboxylic acids is 1. The van der Waals surface area contributed by atoms with Crippen LogP contribution in [0.15, 0.2) is 30.5 Å². The molecular formula is C16H19N3O3S. The van der Waals surface area contributed by atoms with Crippen LogP contribution in [0.25, 0.3) is 0 Å². The van der Waals surface area contributed by atoms with Gasteiger partial charge in [0.05, 0.1) is 4.92 Å². The van der Waals surface area contributed by atoms with Crippen molar-refractivity contribution in [3.63, 3.8) is 0 Å². The molecule has 1 aromatic heterocycles. The van der Waals surface area contributed by atoms with Crippen LogP contribution in [-0.4, -0.2) is 15.8 Å². The van der Waals surface area contributed by atoms with Gasteiger partial charge in [0.15, 0.2) is 5.13 Å². The topological polar surface area (TPSA) is 85.1 Å². The summed E-state index contributed by atoms with van der Waals surface area (Å²) in [7, 11) is 0. The maximum atomic E-state index is 11.9. The van der Waals surface area contributed by atoms with E-state index in [2.05, 4.69) is 24.1 Å². The van der Waals surface area contributed by atoms with Crippen molar-refractivity contribution in [1.82, 2.24) is 4.98 Å². The van der Waals surface area contributed by atoms with E-state index in [0.717, 1.165) is 10.4 Å². The molecule has 0 spiro atoms. The minimum atomic E-state index is -0.420. The summed E-state index contributed by atoms with van der Waals surface area (Å²) < 4.78 is 0. The van der Waals surface area contributed by atoms with Crippen molar-refractivity contribution in [3.8, 4) is 0 Å². The minimum Gasteiger partial charge on any atom is -0.302 e. The minimum absolute atomic E-state index is 0.0587. The summed E-state index contributed by atoms with van der Waals surface area (Å²) in [5.41, 5.74) is 1.07. The van der Waals surface area contributed by atoms with Gasteiger partial charge in [-0.3, -0.25) is 14.9 Å². The molecule has 1 amide bonds. The van der Waals surface area contributed by atoms with Crippen LogP contribution >= 0.6 is 11.3 Å². The largest absolute Gasteiger partial charge is 0.302 e. The van der Waals surface area contributed by atoms with Gasteiger partial charge in [-0.15, -0.1) is 11.3 Å².